The number of halogens is 3. The maximum absolute atomic E-state index is 13.7. The van der Waals surface area contributed by atoms with Gasteiger partial charge in [0.1, 0.15) is 6.33 Å². The lowest BCUT2D eigenvalue weighted by atomic mass is 10.2. The van der Waals surface area contributed by atoms with E-state index in [0.29, 0.717) is 16.7 Å². The standard InChI is InChI=1S/C13H8F3N3/c14-8-2-4-11(13(16)12(8)15)19-6-18-9-5-7(17)1-3-10(9)19/h1-6H,17H2. The Kier molecular flexibility index (Phi) is 2.45. The highest BCUT2D eigenvalue weighted by molar-refractivity contribution is 5.80. The zero-order chi connectivity index (χ0) is 13.6. The number of benzene rings is 2. The fourth-order valence-corrected chi connectivity index (χ4v) is 1.92. The van der Waals surface area contributed by atoms with Crippen molar-refractivity contribution in [3.63, 3.8) is 0 Å². The van der Waals surface area contributed by atoms with Gasteiger partial charge >= 0.3 is 0 Å². The van der Waals surface area contributed by atoms with Crippen LogP contribution in [0.15, 0.2) is 36.7 Å². The van der Waals surface area contributed by atoms with Crippen molar-refractivity contribution in [2.45, 2.75) is 0 Å². The summed E-state index contributed by atoms with van der Waals surface area (Å²) in [6.07, 6.45) is 1.33. The third-order valence-corrected chi connectivity index (χ3v) is 2.85. The highest BCUT2D eigenvalue weighted by Gasteiger charge is 2.16. The van der Waals surface area contributed by atoms with Gasteiger partial charge in [-0.2, -0.15) is 0 Å². The molecule has 3 nitrogen and oxygen atoms in total. The number of nitrogens with two attached hydrogens (primary N) is 1. The zero-order valence-electron chi connectivity index (χ0n) is 9.57. The molecule has 0 spiro atoms. The monoisotopic (exact) mass is 263 g/mol. The first-order chi connectivity index (χ1) is 9.08. The lowest BCUT2D eigenvalue weighted by Crippen LogP contribution is -2.01. The predicted molar refractivity (Wildman–Crippen MR) is 65.4 cm³/mol. The molecule has 0 atom stereocenters. The summed E-state index contributed by atoms with van der Waals surface area (Å²) in [5.41, 5.74) is 7.12. The van der Waals surface area contributed by atoms with Gasteiger partial charge in [0.25, 0.3) is 0 Å². The van der Waals surface area contributed by atoms with Crippen LogP contribution >= 0.6 is 0 Å². The largest absolute Gasteiger partial charge is 0.399 e. The van der Waals surface area contributed by atoms with E-state index in [2.05, 4.69) is 4.98 Å². The van der Waals surface area contributed by atoms with Crippen molar-refractivity contribution in [1.29, 1.82) is 0 Å². The van der Waals surface area contributed by atoms with E-state index in [9.17, 15) is 13.2 Å². The van der Waals surface area contributed by atoms with Crippen molar-refractivity contribution in [3.05, 3.63) is 54.1 Å². The van der Waals surface area contributed by atoms with Crippen LogP contribution in [-0.2, 0) is 0 Å². The Balaban J connectivity index is 2.28. The molecule has 0 bridgehead atoms. The number of rotatable bonds is 1. The van der Waals surface area contributed by atoms with Crippen LogP contribution in [0.25, 0.3) is 16.7 Å². The summed E-state index contributed by atoms with van der Waals surface area (Å²) < 4.78 is 41.2. The van der Waals surface area contributed by atoms with E-state index in [4.69, 9.17) is 5.73 Å². The number of fused-ring (bicyclic) bond motifs is 1. The normalized spacial score (nSPS) is 11.1. The van der Waals surface area contributed by atoms with Crippen LogP contribution < -0.4 is 5.73 Å². The maximum Gasteiger partial charge on any atom is 0.196 e. The lowest BCUT2D eigenvalue weighted by molar-refractivity contribution is 0.445. The van der Waals surface area contributed by atoms with Gasteiger partial charge in [-0.3, -0.25) is 4.57 Å². The topological polar surface area (TPSA) is 43.8 Å². The number of hydrogen-bond donors (Lipinski definition) is 1. The molecule has 0 saturated heterocycles. The Morgan fingerprint density at radius 2 is 1.79 bits per heavy atom. The van der Waals surface area contributed by atoms with Gasteiger partial charge in [-0.1, -0.05) is 0 Å². The second kappa shape index (κ2) is 4.01. The van der Waals surface area contributed by atoms with Crippen molar-refractivity contribution < 1.29 is 13.2 Å². The second-order valence-electron chi connectivity index (χ2n) is 4.06. The SMILES string of the molecule is Nc1ccc2c(c1)ncn2-c1ccc(F)c(F)c1F. The van der Waals surface area contributed by atoms with Gasteiger partial charge < -0.3 is 5.73 Å². The summed E-state index contributed by atoms with van der Waals surface area (Å²) in [6.45, 7) is 0. The molecule has 0 aliphatic rings. The third kappa shape index (κ3) is 1.72. The van der Waals surface area contributed by atoms with Crippen LogP contribution in [0.4, 0.5) is 18.9 Å². The molecular formula is C13H8F3N3. The number of nitrogens with zero attached hydrogens (tertiary/aromatic N) is 2. The number of anilines is 1. The van der Waals surface area contributed by atoms with Gasteiger partial charge in [0, 0.05) is 5.69 Å². The van der Waals surface area contributed by atoms with Crippen LogP contribution in [0, 0.1) is 17.5 Å². The minimum atomic E-state index is -1.50. The molecule has 0 amide bonds. The highest BCUT2D eigenvalue weighted by atomic mass is 19.2. The van der Waals surface area contributed by atoms with E-state index < -0.39 is 17.5 Å². The molecule has 1 aromatic heterocycles. The summed E-state index contributed by atoms with van der Waals surface area (Å²) in [5.74, 6) is -3.99. The molecule has 2 aromatic carbocycles. The summed E-state index contributed by atoms with van der Waals surface area (Å²) in [7, 11) is 0. The number of aromatic nitrogens is 2. The van der Waals surface area contributed by atoms with Crippen LogP contribution in [0.5, 0.6) is 0 Å². The smallest absolute Gasteiger partial charge is 0.196 e. The summed E-state index contributed by atoms with van der Waals surface area (Å²) in [4.78, 5) is 4.05. The number of nitrogen functional groups attached to an aromatic ring is 1. The second-order valence-corrected chi connectivity index (χ2v) is 4.06. The molecule has 3 rings (SSSR count). The lowest BCUT2D eigenvalue weighted by Gasteiger charge is -2.07. The summed E-state index contributed by atoms with van der Waals surface area (Å²) in [5, 5.41) is 0. The molecule has 3 aromatic rings. The average Bonchev–Trinajstić information content (AvgIpc) is 2.79. The molecular weight excluding hydrogens is 255 g/mol. The Morgan fingerprint density at radius 3 is 2.58 bits per heavy atom. The van der Waals surface area contributed by atoms with E-state index in [1.54, 1.807) is 18.2 Å². The Labute approximate surface area is 106 Å². The van der Waals surface area contributed by atoms with E-state index >= 15 is 0 Å². The Hall–Kier alpha value is -2.50. The van der Waals surface area contributed by atoms with Crippen LogP contribution in [0.1, 0.15) is 0 Å². The molecule has 1 heterocycles. The molecule has 19 heavy (non-hydrogen) atoms. The van der Waals surface area contributed by atoms with Crippen molar-refractivity contribution in [2.24, 2.45) is 0 Å². The molecule has 0 saturated carbocycles. The molecule has 96 valence electrons. The predicted octanol–water partition coefficient (Wildman–Crippen LogP) is 3.03. The highest BCUT2D eigenvalue weighted by Crippen LogP contribution is 2.24. The van der Waals surface area contributed by atoms with Gasteiger partial charge in [0.05, 0.1) is 16.7 Å². The first-order valence-corrected chi connectivity index (χ1v) is 5.44. The van der Waals surface area contributed by atoms with Gasteiger partial charge in [-0.25, -0.2) is 18.2 Å². The quantitative estimate of drug-likeness (QED) is 0.541. The first kappa shape index (κ1) is 11.6. The maximum atomic E-state index is 13.7. The van der Waals surface area contributed by atoms with Crippen LogP contribution in [-0.4, -0.2) is 9.55 Å². The molecule has 0 fully saturated rings. The molecule has 0 aliphatic heterocycles. The van der Waals surface area contributed by atoms with Crippen molar-refractivity contribution >= 4 is 16.7 Å². The van der Waals surface area contributed by atoms with E-state index in [1.165, 1.54) is 10.9 Å². The molecule has 2 N–H and O–H groups in total. The van der Waals surface area contributed by atoms with Crippen molar-refractivity contribution in [1.82, 2.24) is 9.55 Å². The van der Waals surface area contributed by atoms with Gasteiger partial charge in [0.15, 0.2) is 17.5 Å². The van der Waals surface area contributed by atoms with Gasteiger partial charge in [0.2, 0.25) is 0 Å². The number of hydrogen-bond acceptors (Lipinski definition) is 2. The molecule has 6 heteroatoms. The third-order valence-electron chi connectivity index (χ3n) is 2.85. The first-order valence-electron chi connectivity index (χ1n) is 5.44. The Morgan fingerprint density at radius 1 is 1.00 bits per heavy atom. The summed E-state index contributed by atoms with van der Waals surface area (Å²) in [6, 6.07) is 6.91. The van der Waals surface area contributed by atoms with Gasteiger partial charge in [-0.05, 0) is 30.3 Å². The van der Waals surface area contributed by atoms with Crippen molar-refractivity contribution in [3.8, 4) is 5.69 Å². The van der Waals surface area contributed by atoms with E-state index in [1.807, 2.05) is 0 Å². The molecule has 0 aliphatic carbocycles. The summed E-state index contributed by atoms with van der Waals surface area (Å²) >= 11 is 0. The molecule has 0 radical (unpaired) electrons. The Bertz CT molecular complexity index is 780. The number of imidazole rings is 1. The van der Waals surface area contributed by atoms with Crippen LogP contribution in [0.3, 0.4) is 0 Å². The molecule has 0 unspecified atom stereocenters. The zero-order valence-corrected chi connectivity index (χ0v) is 9.57. The average molecular weight is 263 g/mol. The minimum absolute atomic E-state index is 0.105. The van der Waals surface area contributed by atoms with E-state index in [-0.39, 0.29) is 5.69 Å². The van der Waals surface area contributed by atoms with Crippen LogP contribution in [0.2, 0.25) is 0 Å². The fourth-order valence-electron chi connectivity index (χ4n) is 1.92. The minimum Gasteiger partial charge on any atom is -0.399 e. The fraction of sp³-hybridized carbons (Fsp3) is 0. The van der Waals surface area contributed by atoms with E-state index in [0.717, 1.165) is 12.1 Å². The van der Waals surface area contributed by atoms with Gasteiger partial charge in [-0.15, -0.1) is 0 Å². The van der Waals surface area contributed by atoms with Crippen molar-refractivity contribution in [2.75, 3.05) is 5.73 Å².